The predicted molar refractivity (Wildman–Crippen MR) is 68.7 cm³/mol. The minimum atomic E-state index is -4.91. The second-order valence-electron chi connectivity index (χ2n) is 3.77. The molecule has 0 heterocycles. The lowest BCUT2D eigenvalue weighted by Gasteiger charge is -2.19. The van der Waals surface area contributed by atoms with Crippen molar-refractivity contribution < 1.29 is 36.3 Å². The summed E-state index contributed by atoms with van der Waals surface area (Å²) in [6.45, 7) is 1.19. The Morgan fingerprint density at radius 1 is 1.24 bits per heavy atom. The molecule has 0 aliphatic heterocycles. The first-order chi connectivity index (χ1) is 9.61. The molecular weight excluding hydrogens is 314 g/mol. The van der Waals surface area contributed by atoms with E-state index in [0.29, 0.717) is 0 Å². The third kappa shape index (κ3) is 4.73. The van der Waals surface area contributed by atoms with Crippen LogP contribution in [0.2, 0.25) is 0 Å². The van der Waals surface area contributed by atoms with Crippen LogP contribution in [0.4, 0.5) is 18.9 Å². The molecule has 0 saturated carbocycles. The van der Waals surface area contributed by atoms with Crippen LogP contribution in [-0.2, 0) is 18.4 Å². The number of anilines is 1. The molecule has 0 aliphatic rings. The molecule has 1 aromatic carbocycles. The average Bonchev–Trinajstić information content (AvgIpc) is 2.37. The molecule has 10 heteroatoms. The molecule has 118 valence electrons. The van der Waals surface area contributed by atoms with Crippen LogP contribution in [0.1, 0.15) is 6.92 Å². The molecule has 0 radical (unpaired) electrons. The van der Waals surface area contributed by atoms with Gasteiger partial charge in [-0.2, -0.15) is 0 Å². The third-order valence-electron chi connectivity index (χ3n) is 2.29. The summed E-state index contributed by atoms with van der Waals surface area (Å²) < 4.78 is 62.2. The fourth-order valence-electron chi connectivity index (χ4n) is 1.50. The highest BCUT2D eigenvalue weighted by Gasteiger charge is 2.34. The van der Waals surface area contributed by atoms with Crippen LogP contribution in [0.5, 0.6) is 5.75 Å². The van der Waals surface area contributed by atoms with E-state index >= 15 is 0 Å². The van der Waals surface area contributed by atoms with Crippen molar-refractivity contribution in [1.82, 2.24) is 0 Å². The zero-order chi connectivity index (χ0) is 16.3. The van der Waals surface area contributed by atoms with Gasteiger partial charge in [0.25, 0.3) is 0 Å². The van der Waals surface area contributed by atoms with Crippen molar-refractivity contribution in [2.24, 2.45) is 0 Å². The maximum absolute atomic E-state index is 12.3. The van der Waals surface area contributed by atoms with E-state index in [1.54, 1.807) is 0 Å². The highest BCUT2D eigenvalue weighted by Crippen LogP contribution is 2.48. The Hall–Kier alpha value is -1.57. The molecule has 0 spiro atoms. The Labute approximate surface area is 118 Å². The molecule has 0 aromatic heterocycles. The zero-order valence-corrected chi connectivity index (χ0v) is 12.2. The van der Waals surface area contributed by atoms with E-state index in [0.717, 1.165) is 32.4 Å². The molecule has 21 heavy (non-hydrogen) atoms. The summed E-state index contributed by atoms with van der Waals surface area (Å²) in [5.41, 5.74) is 0.00376. The minimum Gasteiger partial charge on any atom is -0.406 e. The second kappa shape index (κ2) is 6.46. The number of hydrogen-bond donors (Lipinski definition) is 1. The van der Waals surface area contributed by atoms with E-state index in [1.807, 2.05) is 0 Å². The third-order valence-corrected chi connectivity index (χ3v) is 4.21. The van der Waals surface area contributed by atoms with Gasteiger partial charge in [-0.05, 0) is 18.2 Å². The lowest BCUT2D eigenvalue weighted by Crippen LogP contribution is -2.21. The number of rotatable bonds is 5. The largest absolute Gasteiger partial charge is 0.573 e. The van der Waals surface area contributed by atoms with Gasteiger partial charge in [-0.3, -0.25) is 9.36 Å². The molecule has 1 amide bonds. The smallest absolute Gasteiger partial charge is 0.406 e. The highest BCUT2D eigenvalue weighted by molar-refractivity contribution is 7.62. The molecule has 0 unspecified atom stereocenters. The number of hydrogen-bond acceptors (Lipinski definition) is 5. The van der Waals surface area contributed by atoms with Gasteiger partial charge in [0.05, 0.1) is 11.0 Å². The molecule has 0 saturated heterocycles. The topological polar surface area (TPSA) is 73.9 Å². The van der Waals surface area contributed by atoms with Crippen LogP contribution in [0.15, 0.2) is 18.2 Å². The van der Waals surface area contributed by atoms with Gasteiger partial charge in [-0.1, -0.05) is 0 Å². The molecule has 1 aromatic rings. The first-order valence-corrected chi connectivity index (χ1v) is 7.05. The van der Waals surface area contributed by atoms with Gasteiger partial charge in [0.15, 0.2) is 0 Å². The van der Waals surface area contributed by atoms with Crippen molar-refractivity contribution >= 4 is 24.5 Å². The molecule has 0 atom stereocenters. The first-order valence-electron chi connectivity index (χ1n) is 5.51. The summed E-state index contributed by atoms with van der Waals surface area (Å²) in [4.78, 5) is 11.1. The maximum Gasteiger partial charge on any atom is 0.573 e. The van der Waals surface area contributed by atoms with Crippen LogP contribution in [-0.4, -0.2) is 26.5 Å². The summed E-state index contributed by atoms with van der Waals surface area (Å²) in [6.07, 6.45) is -4.91. The monoisotopic (exact) mass is 327 g/mol. The Morgan fingerprint density at radius 2 is 1.81 bits per heavy atom. The number of halogens is 3. The molecule has 1 rings (SSSR count). The Kier molecular flexibility index (Phi) is 5.38. The molecule has 1 N–H and O–H groups in total. The SMILES string of the molecule is COP(=O)(OC)c1cc(OC(F)(F)F)ccc1NC(C)=O. The van der Waals surface area contributed by atoms with Gasteiger partial charge in [0.1, 0.15) is 5.75 Å². The lowest BCUT2D eigenvalue weighted by atomic mass is 10.3. The second-order valence-corrected chi connectivity index (χ2v) is 5.98. The summed E-state index contributed by atoms with van der Waals surface area (Å²) in [6, 6.07) is 2.92. The van der Waals surface area contributed by atoms with Gasteiger partial charge in [0, 0.05) is 21.1 Å². The van der Waals surface area contributed by atoms with Crippen LogP contribution in [0, 0.1) is 0 Å². The molecule has 0 aliphatic carbocycles. The normalized spacial score (nSPS) is 12.1. The number of ether oxygens (including phenoxy) is 1. The Morgan fingerprint density at radius 3 is 2.24 bits per heavy atom. The standard InChI is InChI=1S/C11H13F3NO5P/c1-7(16)15-9-5-4-8(20-11(12,13)14)6-10(9)21(17,18-2)19-3/h4-6H,1-3H3,(H,15,16). The van der Waals surface area contributed by atoms with Gasteiger partial charge in [-0.15, -0.1) is 13.2 Å². The van der Waals surface area contributed by atoms with E-state index in [-0.39, 0.29) is 11.0 Å². The van der Waals surface area contributed by atoms with E-state index < -0.39 is 25.6 Å². The summed E-state index contributed by atoms with van der Waals surface area (Å²) in [5.74, 6) is -1.11. The number of amides is 1. The zero-order valence-electron chi connectivity index (χ0n) is 11.4. The van der Waals surface area contributed by atoms with Gasteiger partial charge in [0.2, 0.25) is 5.91 Å². The molecule has 0 fully saturated rings. The van der Waals surface area contributed by atoms with Crippen molar-refractivity contribution in [1.29, 1.82) is 0 Å². The molecule has 6 nitrogen and oxygen atoms in total. The molecular formula is C11H13F3NO5P. The van der Waals surface area contributed by atoms with Crippen molar-refractivity contribution in [3.05, 3.63) is 18.2 Å². The van der Waals surface area contributed by atoms with Crippen LogP contribution in [0.25, 0.3) is 0 Å². The lowest BCUT2D eigenvalue weighted by molar-refractivity contribution is -0.274. The maximum atomic E-state index is 12.3. The van der Waals surface area contributed by atoms with Crippen LogP contribution in [0.3, 0.4) is 0 Å². The summed E-state index contributed by atoms with van der Waals surface area (Å²) >= 11 is 0. The van der Waals surface area contributed by atoms with Gasteiger partial charge in [-0.25, -0.2) is 0 Å². The fraction of sp³-hybridized carbons (Fsp3) is 0.364. The predicted octanol–water partition coefficient (Wildman–Crippen LogP) is 2.65. The highest BCUT2D eigenvalue weighted by atomic mass is 31.2. The Bertz CT molecular complexity index is 567. The van der Waals surface area contributed by atoms with E-state index in [1.165, 1.54) is 6.92 Å². The fourth-order valence-corrected chi connectivity index (χ4v) is 2.76. The number of carbonyl (C=O) groups excluding carboxylic acids is 1. The minimum absolute atomic E-state index is 0.00376. The number of benzene rings is 1. The van der Waals surface area contributed by atoms with Gasteiger partial charge < -0.3 is 19.1 Å². The Balaban J connectivity index is 3.35. The number of alkyl halides is 3. The van der Waals surface area contributed by atoms with Gasteiger partial charge >= 0.3 is 14.0 Å². The van der Waals surface area contributed by atoms with Crippen molar-refractivity contribution in [3.8, 4) is 5.75 Å². The van der Waals surface area contributed by atoms with E-state index in [4.69, 9.17) is 9.05 Å². The summed E-state index contributed by atoms with van der Waals surface area (Å²) in [7, 11) is -1.74. The summed E-state index contributed by atoms with van der Waals surface area (Å²) in [5, 5.41) is 2.08. The number of nitrogens with one attached hydrogen (secondary N) is 1. The first kappa shape index (κ1) is 17.5. The quantitative estimate of drug-likeness (QED) is 0.842. The number of carbonyl (C=O) groups is 1. The van der Waals surface area contributed by atoms with Crippen LogP contribution >= 0.6 is 7.60 Å². The van der Waals surface area contributed by atoms with Crippen molar-refractivity contribution in [3.63, 3.8) is 0 Å². The van der Waals surface area contributed by atoms with Crippen molar-refractivity contribution in [2.75, 3.05) is 19.5 Å². The van der Waals surface area contributed by atoms with Crippen molar-refractivity contribution in [2.45, 2.75) is 13.3 Å². The van der Waals surface area contributed by atoms with E-state index in [9.17, 15) is 22.5 Å². The van der Waals surface area contributed by atoms with Crippen LogP contribution < -0.4 is 15.4 Å². The average molecular weight is 327 g/mol. The van der Waals surface area contributed by atoms with E-state index in [2.05, 4.69) is 10.1 Å². The molecule has 0 bridgehead atoms.